The summed E-state index contributed by atoms with van der Waals surface area (Å²) >= 11 is 0. The first kappa shape index (κ1) is 15.2. The summed E-state index contributed by atoms with van der Waals surface area (Å²) in [6.45, 7) is 7.69. The molecule has 7 nitrogen and oxygen atoms in total. The van der Waals surface area contributed by atoms with Crippen molar-refractivity contribution in [2.24, 2.45) is 5.92 Å². The summed E-state index contributed by atoms with van der Waals surface area (Å²) in [6, 6.07) is 0. The maximum absolute atomic E-state index is 11.9. The summed E-state index contributed by atoms with van der Waals surface area (Å²) in [6.07, 6.45) is 6.13. The van der Waals surface area contributed by atoms with Crippen molar-refractivity contribution in [2.45, 2.75) is 40.3 Å². The van der Waals surface area contributed by atoms with Gasteiger partial charge in [-0.1, -0.05) is 19.1 Å². The number of nitrogens with zero attached hydrogens (tertiary/aromatic N) is 5. The van der Waals surface area contributed by atoms with Crippen LogP contribution < -0.4 is 0 Å². The predicted octanol–water partition coefficient (Wildman–Crippen LogP) is 1.55. The Balaban J connectivity index is 2.17. The molecule has 0 radical (unpaired) electrons. The summed E-state index contributed by atoms with van der Waals surface area (Å²) < 4.78 is 8.79. The molecule has 2 rings (SSSR count). The number of hydrogen-bond acceptors (Lipinski definition) is 5. The monoisotopic (exact) mass is 291 g/mol. The fourth-order valence-electron chi connectivity index (χ4n) is 2.09. The van der Waals surface area contributed by atoms with Gasteiger partial charge in [0.05, 0.1) is 25.2 Å². The Labute approximate surface area is 123 Å². The van der Waals surface area contributed by atoms with Crippen LogP contribution in [0.4, 0.5) is 0 Å². The van der Waals surface area contributed by atoms with Crippen molar-refractivity contribution in [3.05, 3.63) is 30.1 Å². The molecule has 2 aromatic heterocycles. The molecule has 0 saturated heterocycles. The number of hydrogen-bond donors (Lipinski definition) is 0. The summed E-state index contributed by atoms with van der Waals surface area (Å²) in [4.78, 5) is 15.9. The summed E-state index contributed by atoms with van der Waals surface area (Å²) in [7, 11) is 0. The van der Waals surface area contributed by atoms with Gasteiger partial charge in [0, 0.05) is 18.9 Å². The Bertz CT molecular complexity index is 574. The highest BCUT2D eigenvalue weighted by molar-refractivity contribution is 5.88. The second-order valence-electron chi connectivity index (χ2n) is 5.23. The minimum atomic E-state index is -0.401. The van der Waals surface area contributed by atoms with Crippen molar-refractivity contribution in [3.63, 3.8) is 0 Å². The number of aryl methyl sites for hydroxylation is 2. The molecule has 0 unspecified atom stereocenters. The van der Waals surface area contributed by atoms with Gasteiger partial charge in [-0.15, -0.1) is 5.10 Å². The van der Waals surface area contributed by atoms with Gasteiger partial charge >= 0.3 is 5.97 Å². The van der Waals surface area contributed by atoms with Gasteiger partial charge in [0.25, 0.3) is 0 Å². The molecule has 0 N–H and O–H groups in total. The van der Waals surface area contributed by atoms with Crippen LogP contribution in [0, 0.1) is 5.92 Å². The topological polar surface area (TPSA) is 74.8 Å². The van der Waals surface area contributed by atoms with E-state index in [1.165, 1.54) is 0 Å². The fourth-order valence-corrected chi connectivity index (χ4v) is 2.09. The van der Waals surface area contributed by atoms with Crippen molar-refractivity contribution in [1.82, 2.24) is 24.5 Å². The molecule has 0 bridgehead atoms. The zero-order valence-electron chi connectivity index (χ0n) is 12.7. The minimum absolute atomic E-state index is 0.330. The highest BCUT2D eigenvalue weighted by Crippen LogP contribution is 2.13. The smallest absolute Gasteiger partial charge is 0.360 e. The zero-order valence-corrected chi connectivity index (χ0v) is 12.7. The quantitative estimate of drug-likeness (QED) is 0.723. The lowest BCUT2D eigenvalue weighted by Gasteiger charge is -2.10. The summed E-state index contributed by atoms with van der Waals surface area (Å²) in [5.41, 5.74) is 1.17. The Morgan fingerprint density at radius 1 is 1.38 bits per heavy atom. The SMILES string of the molecule is CCOC(=O)c1nnn(CCn2ccnc2)c1CC(C)C. The van der Waals surface area contributed by atoms with Crippen LogP contribution in [0.25, 0.3) is 0 Å². The molecule has 0 aliphatic carbocycles. The molecule has 0 aromatic carbocycles. The zero-order chi connectivity index (χ0) is 15.2. The van der Waals surface area contributed by atoms with Crippen LogP contribution in [-0.4, -0.2) is 37.1 Å². The normalized spacial score (nSPS) is 11.0. The molecule has 0 saturated carbocycles. The molecular formula is C14H21N5O2. The van der Waals surface area contributed by atoms with Crippen molar-refractivity contribution in [1.29, 1.82) is 0 Å². The van der Waals surface area contributed by atoms with Crippen LogP contribution in [0.2, 0.25) is 0 Å². The number of aromatic nitrogens is 5. The third-order valence-corrected chi connectivity index (χ3v) is 3.04. The molecule has 0 aliphatic rings. The number of carbonyl (C=O) groups is 1. The van der Waals surface area contributed by atoms with E-state index in [1.54, 1.807) is 24.1 Å². The van der Waals surface area contributed by atoms with Gasteiger partial charge < -0.3 is 9.30 Å². The molecule has 0 fully saturated rings. The molecule has 2 heterocycles. The van der Waals surface area contributed by atoms with Crippen LogP contribution in [-0.2, 0) is 24.2 Å². The molecule has 0 spiro atoms. The van der Waals surface area contributed by atoms with Crippen LogP contribution in [0.3, 0.4) is 0 Å². The molecule has 2 aromatic rings. The van der Waals surface area contributed by atoms with Crippen LogP contribution in [0.15, 0.2) is 18.7 Å². The van der Waals surface area contributed by atoms with Crippen molar-refractivity contribution in [3.8, 4) is 0 Å². The Hall–Kier alpha value is -2.18. The standard InChI is InChI=1S/C14H21N5O2/c1-4-21-14(20)13-12(9-11(2)3)19(17-16-13)8-7-18-6-5-15-10-18/h5-6,10-11H,4,7-9H2,1-3H3. The van der Waals surface area contributed by atoms with Gasteiger partial charge in [-0.25, -0.2) is 14.5 Å². The molecule has 0 atom stereocenters. The Kier molecular flexibility index (Phi) is 5.08. The lowest BCUT2D eigenvalue weighted by molar-refractivity contribution is 0.0517. The van der Waals surface area contributed by atoms with E-state index in [1.807, 2.05) is 10.8 Å². The molecule has 21 heavy (non-hydrogen) atoms. The van der Waals surface area contributed by atoms with E-state index >= 15 is 0 Å². The molecule has 114 valence electrons. The second-order valence-corrected chi connectivity index (χ2v) is 5.23. The number of esters is 1. The van der Waals surface area contributed by atoms with Crippen LogP contribution >= 0.6 is 0 Å². The van der Waals surface area contributed by atoms with Crippen molar-refractivity contribution >= 4 is 5.97 Å². The largest absolute Gasteiger partial charge is 0.461 e. The van der Waals surface area contributed by atoms with Gasteiger partial charge in [0.15, 0.2) is 5.69 Å². The van der Waals surface area contributed by atoms with E-state index in [-0.39, 0.29) is 0 Å². The number of imidazole rings is 1. The second kappa shape index (κ2) is 7.01. The van der Waals surface area contributed by atoms with E-state index in [0.29, 0.717) is 24.8 Å². The van der Waals surface area contributed by atoms with E-state index in [2.05, 4.69) is 29.1 Å². The first-order chi connectivity index (χ1) is 10.1. The molecule has 0 amide bonds. The molecule has 0 aliphatic heterocycles. The van der Waals surface area contributed by atoms with Crippen molar-refractivity contribution < 1.29 is 9.53 Å². The maximum Gasteiger partial charge on any atom is 0.360 e. The Morgan fingerprint density at radius 2 is 2.19 bits per heavy atom. The van der Waals surface area contributed by atoms with E-state index < -0.39 is 5.97 Å². The van der Waals surface area contributed by atoms with Crippen molar-refractivity contribution in [2.75, 3.05) is 6.61 Å². The number of rotatable bonds is 7. The van der Waals surface area contributed by atoms with Gasteiger partial charge in [-0.3, -0.25) is 0 Å². The summed E-state index contributed by atoms with van der Waals surface area (Å²) in [5.74, 6) is 0.00528. The average molecular weight is 291 g/mol. The number of carbonyl (C=O) groups excluding carboxylic acids is 1. The van der Waals surface area contributed by atoms with Gasteiger partial charge in [-0.05, 0) is 19.3 Å². The van der Waals surface area contributed by atoms with Crippen LogP contribution in [0.5, 0.6) is 0 Å². The van der Waals surface area contributed by atoms with E-state index in [4.69, 9.17) is 4.74 Å². The lowest BCUT2D eigenvalue weighted by Crippen LogP contribution is -2.15. The lowest BCUT2D eigenvalue weighted by atomic mass is 10.1. The minimum Gasteiger partial charge on any atom is -0.461 e. The first-order valence-electron chi connectivity index (χ1n) is 7.17. The average Bonchev–Trinajstić information content (AvgIpc) is 3.05. The third-order valence-electron chi connectivity index (χ3n) is 3.04. The highest BCUT2D eigenvalue weighted by atomic mass is 16.5. The maximum atomic E-state index is 11.9. The first-order valence-corrected chi connectivity index (χ1v) is 7.17. The summed E-state index contributed by atoms with van der Waals surface area (Å²) in [5, 5.41) is 8.11. The third kappa shape index (κ3) is 3.90. The van der Waals surface area contributed by atoms with Gasteiger partial charge in [0.2, 0.25) is 0 Å². The van der Waals surface area contributed by atoms with Gasteiger partial charge in [-0.2, -0.15) is 0 Å². The van der Waals surface area contributed by atoms with E-state index in [0.717, 1.165) is 18.7 Å². The fraction of sp³-hybridized carbons (Fsp3) is 0.571. The van der Waals surface area contributed by atoms with Crippen LogP contribution in [0.1, 0.15) is 37.0 Å². The highest BCUT2D eigenvalue weighted by Gasteiger charge is 2.21. The molecular weight excluding hydrogens is 270 g/mol. The van der Waals surface area contributed by atoms with Gasteiger partial charge in [0.1, 0.15) is 0 Å². The molecule has 7 heteroatoms. The Morgan fingerprint density at radius 3 is 2.81 bits per heavy atom. The number of ether oxygens (including phenoxy) is 1. The van der Waals surface area contributed by atoms with E-state index in [9.17, 15) is 4.79 Å². The predicted molar refractivity (Wildman–Crippen MR) is 76.7 cm³/mol.